The average molecular weight is 365 g/mol. The Morgan fingerprint density at radius 2 is 2.04 bits per heavy atom. The molecule has 0 aliphatic carbocycles. The zero-order chi connectivity index (χ0) is 16.9. The summed E-state index contributed by atoms with van der Waals surface area (Å²) in [5, 5.41) is 3.33. The number of amides is 1. The SMILES string of the molecule is O=C(Nc1cccc(COCc2ccco2)c1)c1cc(Cl)c(Cl)[nH]1. The van der Waals surface area contributed by atoms with Crippen molar-refractivity contribution < 1.29 is 13.9 Å². The summed E-state index contributed by atoms with van der Waals surface area (Å²) in [5.74, 6) is 0.442. The summed E-state index contributed by atoms with van der Waals surface area (Å²) in [5.41, 5.74) is 1.88. The van der Waals surface area contributed by atoms with Crippen LogP contribution in [-0.2, 0) is 18.0 Å². The topological polar surface area (TPSA) is 67.3 Å². The number of furan rings is 1. The Balaban J connectivity index is 1.59. The second kappa shape index (κ2) is 7.57. The Labute approximate surface area is 148 Å². The molecule has 0 saturated heterocycles. The van der Waals surface area contributed by atoms with Crippen molar-refractivity contribution in [2.75, 3.05) is 5.32 Å². The summed E-state index contributed by atoms with van der Waals surface area (Å²) in [4.78, 5) is 14.9. The third-order valence-electron chi connectivity index (χ3n) is 3.25. The van der Waals surface area contributed by atoms with E-state index in [9.17, 15) is 4.79 Å². The van der Waals surface area contributed by atoms with Crippen molar-refractivity contribution in [1.82, 2.24) is 4.98 Å². The van der Waals surface area contributed by atoms with Gasteiger partial charge in [0.25, 0.3) is 5.91 Å². The molecule has 1 amide bonds. The van der Waals surface area contributed by atoms with Crippen molar-refractivity contribution in [3.05, 3.63) is 75.9 Å². The molecule has 0 bridgehead atoms. The van der Waals surface area contributed by atoms with Gasteiger partial charge in [-0.3, -0.25) is 4.79 Å². The van der Waals surface area contributed by atoms with Gasteiger partial charge in [0.15, 0.2) is 0 Å². The summed E-state index contributed by atoms with van der Waals surface area (Å²) in [6.07, 6.45) is 1.61. The lowest BCUT2D eigenvalue weighted by atomic mass is 10.2. The number of aromatic amines is 1. The van der Waals surface area contributed by atoms with Crippen LogP contribution in [0.1, 0.15) is 21.8 Å². The Bertz CT molecular complexity index is 809. The van der Waals surface area contributed by atoms with Crippen LogP contribution in [0.25, 0.3) is 0 Å². The molecule has 0 saturated carbocycles. The number of rotatable bonds is 6. The second-order valence-corrected chi connectivity index (χ2v) is 5.86. The molecule has 0 atom stereocenters. The first-order chi connectivity index (χ1) is 11.6. The van der Waals surface area contributed by atoms with Gasteiger partial charge in [0, 0.05) is 5.69 Å². The van der Waals surface area contributed by atoms with Gasteiger partial charge in [0.05, 0.1) is 17.9 Å². The van der Waals surface area contributed by atoms with E-state index in [0.29, 0.717) is 29.6 Å². The van der Waals surface area contributed by atoms with Crippen molar-refractivity contribution in [3.8, 4) is 0 Å². The number of H-pyrrole nitrogens is 1. The highest BCUT2D eigenvalue weighted by Gasteiger charge is 2.12. The molecule has 0 fully saturated rings. The van der Waals surface area contributed by atoms with E-state index in [0.717, 1.165) is 11.3 Å². The van der Waals surface area contributed by atoms with Gasteiger partial charge in [-0.05, 0) is 35.9 Å². The molecule has 2 heterocycles. The van der Waals surface area contributed by atoms with Crippen molar-refractivity contribution in [2.45, 2.75) is 13.2 Å². The molecule has 7 heteroatoms. The van der Waals surface area contributed by atoms with Crippen molar-refractivity contribution >= 4 is 34.8 Å². The second-order valence-electron chi connectivity index (χ2n) is 5.07. The quantitative estimate of drug-likeness (QED) is 0.654. The van der Waals surface area contributed by atoms with Crippen molar-refractivity contribution in [2.24, 2.45) is 0 Å². The number of aromatic nitrogens is 1. The van der Waals surface area contributed by atoms with Crippen LogP contribution in [0.5, 0.6) is 0 Å². The summed E-state index contributed by atoms with van der Waals surface area (Å²) < 4.78 is 10.8. The highest BCUT2D eigenvalue weighted by atomic mass is 35.5. The third-order valence-corrected chi connectivity index (χ3v) is 3.94. The molecule has 0 spiro atoms. The first-order valence-electron chi connectivity index (χ1n) is 7.16. The number of hydrogen-bond acceptors (Lipinski definition) is 3. The predicted octanol–water partition coefficient (Wildman–Crippen LogP) is 4.88. The van der Waals surface area contributed by atoms with Gasteiger partial charge in [-0.1, -0.05) is 35.3 Å². The summed E-state index contributed by atoms with van der Waals surface area (Å²) in [6.45, 7) is 0.799. The van der Waals surface area contributed by atoms with Gasteiger partial charge < -0.3 is 19.5 Å². The molecule has 3 rings (SSSR count). The Kier molecular flexibility index (Phi) is 5.25. The van der Waals surface area contributed by atoms with Gasteiger partial charge in [-0.2, -0.15) is 0 Å². The molecule has 2 N–H and O–H groups in total. The molecule has 0 aliphatic heterocycles. The minimum absolute atomic E-state index is 0.238. The van der Waals surface area contributed by atoms with E-state index < -0.39 is 0 Å². The average Bonchev–Trinajstić information content (AvgIpc) is 3.18. The van der Waals surface area contributed by atoms with Crippen molar-refractivity contribution in [1.29, 1.82) is 0 Å². The van der Waals surface area contributed by atoms with Crippen LogP contribution in [-0.4, -0.2) is 10.9 Å². The van der Waals surface area contributed by atoms with Crippen LogP contribution >= 0.6 is 23.2 Å². The van der Waals surface area contributed by atoms with E-state index in [1.165, 1.54) is 6.07 Å². The van der Waals surface area contributed by atoms with Crippen molar-refractivity contribution in [3.63, 3.8) is 0 Å². The highest BCUT2D eigenvalue weighted by Crippen LogP contribution is 2.22. The summed E-state index contributed by atoms with van der Waals surface area (Å²) >= 11 is 11.6. The van der Waals surface area contributed by atoms with Gasteiger partial charge in [-0.15, -0.1) is 0 Å². The predicted molar refractivity (Wildman–Crippen MR) is 92.4 cm³/mol. The fourth-order valence-electron chi connectivity index (χ4n) is 2.13. The number of ether oxygens (including phenoxy) is 1. The first kappa shape index (κ1) is 16.6. The molecular weight excluding hydrogens is 351 g/mol. The maximum absolute atomic E-state index is 12.2. The van der Waals surface area contributed by atoms with Crippen LogP contribution in [0.2, 0.25) is 10.2 Å². The maximum atomic E-state index is 12.2. The van der Waals surface area contributed by atoms with Crippen LogP contribution in [0.3, 0.4) is 0 Å². The minimum Gasteiger partial charge on any atom is -0.467 e. The molecule has 0 aliphatic rings. The van der Waals surface area contributed by atoms with Gasteiger partial charge >= 0.3 is 0 Å². The molecule has 5 nitrogen and oxygen atoms in total. The van der Waals surface area contributed by atoms with E-state index >= 15 is 0 Å². The van der Waals surface area contributed by atoms with E-state index in [-0.39, 0.29) is 11.1 Å². The normalized spacial score (nSPS) is 10.8. The molecule has 0 radical (unpaired) electrons. The highest BCUT2D eigenvalue weighted by molar-refractivity contribution is 6.41. The number of carbonyl (C=O) groups excluding carboxylic acids is 1. The van der Waals surface area contributed by atoms with E-state index in [1.54, 1.807) is 12.3 Å². The number of hydrogen-bond donors (Lipinski definition) is 2. The molecular formula is C17H14Cl2N2O3. The molecule has 1 aromatic carbocycles. The number of anilines is 1. The van der Waals surface area contributed by atoms with E-state index in [2.05, 4.69) is 10.3 Å². The van der Waals surface area contributed by atoms with Gasteiger partial charge in [0.1, 0.15) is 23.2 Å². The number of nitrogens with one attached hydrogen (secondary N) is 2. The van der Waals surface area contributed by atoms with Crippen LogP contribution < -0.4 is 5.32 Å². The standard InChI is InChI=1S/C17H14Cl2N2O3/c18-14-8-15(21-16(14)19)17(22)20-12-4-1-3-11(7-12)9-23-10-13-5-2-6-24-13/h1-8,21H,9-10H2,(H,20,22). The Morgan fingerprint density at radius 3 is 2.75 bits per heavy atom. The smallest absolute Gasteiger partial charge is 0.272 e. The molecule has 3 aromatic rings. The molecule has 124 valence electrons. The molecule has 0 unspecified atom stereocenters. The maximum Gasteiger partial charge on any atom is 0.272 e. The lowest BCUT2D eigenvalue weighted by molar-refractivity contribution is 0.0929. The van der Waals surface area contributed by atoms with E-state index in [1.807, 2.05) is 30.3 Å². The Morgan fingerprint density at radius 1 is 1.17 bits per heavy atom. The largest absolute Gasteiger partial charge is 0.467 e. The van der Waals surface area contributed by atoms with Crippen LogP contribution in [0.15, 0.2) is 53.1 Å². The van der Waals surface area contributed by atoms with Crippen LogP contribution in [0.4, 0.5) is 5.69 Å². The summed E-state index contributed by atoms with van der Waals surface area (Å²) in [7, 11) is 0. The first-order valence-corrected chi connectivity index (χ1v) is 7.92. The van der Waals surface area contributed by atoms with Gasteiger partial charge in [0.2, 0.25) is 0 Å². The number of carbonyl (C=O) groups is 1. The minimum atomic E-state index is -0.322. The number of benzene rings is 1. The fraction of sp³-hybridized carbons (Fsp3) is 0.118. The van der Waals surface area contributed by atoms with E-state index in [4.69, 9.17) is 32.4 Å². The summed E-state index contributed by atoms with van der Waals surface area (Å²) in [6, 6.07) is 12.5. The molecule has 2 aromatic heterocycles. The lowest BCUT2D eigenvalue weighted by Crippen LogP contribution is -2.12. The number of halogens is 2. The molecule has 24 heavy (non-hydrogen) atoms. The lowest BCUT2D eigenvalue weighted by Gasteiger charge is -2.07. The zero-order valence-electron chi connectivity index (χ0n) is 12.5. The monoisotopic (exact) mass is 364 g/mol. The zero-order valence-corrected chi connectivity index (χ0v) is 14.0. The fourth-order valence-corrected chi connectivity index (χ4v) is 2.44. The Hall–Kier alpha value is -2.21. The van der Waals surface area contributed by atoms with Crippen LogP contribution in [0, 0.1) is 0 Å². The third kappa shape index (κ3) is 4.20. The van der Waals surface area contributed by atoms with Gasteiger partial charge in [-0.25, -0.2) is 0 Å².